The second kappa shape index (κ2) is 9.65. The third-order valence-electron chi connectivity index (χ3n) is 7.88. The zero-order valence-corrected chi connectivity index (χ0v) is 22.9. The molecule has 12 heteroatoms. The monoisotopic (exact) mass is 605 g/mol. The van der Waals surface area contributed by atoms with Crippen LogP contribution in [0.15, 0.2) is 18.2 Å². The van der Waals surface area contributed by atoms with Crippen molar-refractivity contribution in [2.24, 2.45) is 5.73 Å². The van der Waals surface area contributed by atoms with Gasteiger partial charge in [0, 0.05) is 29.5 Å². The third-order valence-corrected chi connectivity index (χ3v) is 8.92. The minimum Gasteiger partial charge on any atom is -0.507 e. The van der Waals surface area contributed by atoms with Crippen molar-refractivity contribution in [3.63, 3.8) is 0 Å². The minimum absolute atomic E-state index is 0.0220. The van der Waals surface area contributed by atoms with Crippen molar-refractivity contribution in [1.29, 1.82) is 0 Å². The minimum atomic E-state index is -2.03. The molecule has 1 heterocycles. The Bertz CT molecular complexity index is 1410. The van der Waals surface area contributed by atoms with E-state index in [9.17, 15) is 34.8 Å². The molecule has 0 saturated carbocycles. The van der Waals surface area contributed by atoms with Crippen molar-refractivity contribution >= 4 is 33.3 Å². The lowest BCUT2D eigenvalue weighted by molar-refractivity contribution is -0.242. The van der Waals surface area contributed by atoms with Crippen LogP contribution in [0.4, 0.5) is 0 Å². The number of nitrogens with two attached hydrogens (primary N) is 1. The summed E-state index contributed by atoms with van der Waals surface area (Å²) in [6, 6.07) is 3.62. The Kier molecular flexibility index (Phi) is 6.85. The fourth-order valence-corrected chi connectivity index (χ4v) is 6.18. The highest BCUT2D eigenvalue weighted by Crippen LogP contribution is 2.52. The van der Waals surface area contributed by atoms with Crippen LogP contribution in [0.5, 0.6) is 17.2 Å². The van der Waals surface area contributed by atoms with Crippen molar-refractivity contribution in [3.8, 4) is 17.2 Å². The molecule has 2 aromatic carbocycles. The number of aliphatic hydroxyl groups is 2. The van der Waals surface area contributed by atoms with Crippen LogP contribution in [0.25, 0.3) is 0 Å². The fourth-order valence-electron chi connectivity index (χ4n) is 5.62. The first kappa shape index (κ1) is 27.7. The van der Waals surface area contributed by atoms with Gasteiger partial charge in [0.25, 0.3) is 0 Å². The molecule has 6 N–H and O–H groups in total. The van der Waals surface area contributed by atoms with Gasteiger partial charge >= 0.3 is 0 Å². The zero-order chi connectivity index (χ0) is 28.5. The average Bonchev–Trinajstić information content (AvgIpc) is 2.90. The van der Waals surface area contributed by atoms with E-state index >= 15 is 0 Å². The van der Waals surface area contributed by atoms with Crippen molar-refractivity contribution in [1.82, 2.24) is 0 Å². The SMILES string of the molecule is COc1cccc2c1C(=O)c1c(O)c3c(c(O)c1C2=O)C[C@@](O)(C(C)=O)C[C@@H]3O[C@@H]1O[C@@H](C)[C@H](O)[C@@H](N)[C@@H]1Br. The number of Topliss-reactive ketones (excluding diaryl/α,β-unsaturated/α-hetero) is 1. The van der Waals surface area contributed by atoms with E-state index in [1.54, 1.807) is 6.92 Å². The lowest BCUT2D eigenvalue weighted by Gasteiger charge is -2.44. The van der Waals surface area contributed by atoms with E-state index in [0.29, 0.717) is 0 Å². The Morgan fingerprint density at radius 2 is 1.82 bits per heavy atom. The molecule has 208 valence electrons. The van der Waals surface area contributed by atoms with Crippen molar-refractivity contribution in [2.45, 2.75) is 67.8 Å². The lowest BCUT2D eigenvalue weighted by Crippen LogP contribution is -2.59. The Morgan fingerprint density at radius 3 is 2.46 bits per heavy atom. The molecule has 2 aliphatic carbocycles. The summed E-state index contributed by atoms with van der Waals surface area (Å²) in [6.07, 6.45) is -4.92. The van der Waals surface area contributed by atoms with Gasteiger partial charge in [-0.3, -0.25) is 14.4 Å². The van der Waals surface area contributed by atoms with Gasteiger partial charge in [-0.2, -0.15) is 0 Å². The molecule has 39 heavy (non-hydrogen) atoms. The summed E-state index contributed by atoms with van der Waals surface area (Å²) in [4.78, 5) is 39.0. The van der Waals surface area contributed by atoms with E-state index < -0.39 is 87.5 Å². The number of rotatable bonds is 4. The number of carbonyl (C=O) groups excluding carboxylic acids is 3. The molecule has 7 atom stereocenters. The molecule has 3 aliphatic rings. The molecule has 0 amide bonds. The number of phenolic OH excluding ortho intramolecular Hbond substituents is 2. The number of alkyl halides is 1. The maximum absolute atomic E-state index is 13.7. The predicted molar refractivity (Wildman–Crippen MR) is 138 cm³/mol. The molecule has 2 aromatic rings. The number of hydrogen-bond donors (Lipinski definition) is 5. The van der Waals surface area contributed by atoms with Crippen LogP contribution in [0, 0.1) is 0 Å². The molecular weight excluding hydrogens is 578 g/mol. The first-order valence-corrected chi connectivity index (χ1v) is 13.2. The van der Waals surface area contributed by atoms with Gasteiger partial charge in [0.05, 0.1) is 53.0 Å². The van der Waals surface area contributed by atoms with E-state index in [1.165, 1.54) is 32.2 Å². The summed E-state index contributed by atoms with van der Waals surface area (Å²) in [5, 5.41) is 44.4. The number of phenols is 2. The van der Waals surface area contributed by atoms with Crippen LogP contribution < -0.4 is 10.5 Å². The molecule has 1 aliphatic heterocycles. The van der Waals surface area contributed by atoms with Gasteiger partial charge in [0.2, 0.25) is 5.78 Å². The Balaban J connectivity index is 1.70. The van der Waals surface area contributed by atoms with Crippen LogP contribution in [0.1, 0.15) is 69.3 Å². The fraction of sp³-hybridized carbons (Fsp3) is 0.444. The van der Waals surface area contributed by atoms with Crippen molar-refractivity contribution in [2.75, 3.05) is 7.11 Å². The largest absolute Gasteiger partial charge is 0.507 e. The summed E-state index contributed by atoms with van der Waals surface area (Å²) < 4.78 is 17.2. The smallest absolute Gasteiger partial charge is 0.202 e. The topological polar surface area (TPSA) is 186 Å². The first-order valence-electron chi connectivity index (χ1n) is 12.3. The highest BCUT2D eigenvalue weighted by atomic mass is 79.9. The molecular formula is C27H28BrNO10. The zero-order valence-electron chi connectivity index (χ0n) is 21.3. The number of hydrogen-bond acceptors (Lipinski definition) is 11. The Hall–Kier alpha value is -2.87. The Morgan fingerprint density at radius 1 is 1.15 bits per heavy atom. The Labute approximate surface area is 231 Å². The number of carbonyl (C=O) groups is 3. The van der Waals surface area contributed by atoms with E-state index in [0.717, 1.165) is 0 Å². The van der Waals surface area contributed by atoms with E-state index in [-0.39, 0.29) is 34.4 Å². The van der Waals surface area contributed by atoms with Gasteiger partial charge in [0.15, 0.2) is 17.9 Å². The van der Waals surface area contributed by atoms with Gasteiger partial charge in [-0.15, -0.1) is 0 Å². The summed E-state index contributed by atoms with van der Waals surface area (Å²) in [7, 11) is 1.34. The molecule has 0 spiro atoms. The van der Waals surface area contributed by atoms with E-state index in [1.807, 2.05) is 0 Å². The maximum atomic E-state index is 13.7. The second-order valence-electron chi connectivity index (χ2n) is 10.2. The molecule has 0 unspecified atom stereocenters. The molecule has 1 saturated heterocycles. The van der Waals surface area contributed by atoms with Crippen molar-refractivity contribution in [3.05, 3.63) is 51.6 Å². The number of halogens is 1. The first-order chi connectivity index (χ1) is 18.3. The number of ether oxygens (including phenoxy) is 3. The van der Waals surface area contributed by atoms with Crippen LogP contribution >= 0.6 is 15.9 Å². The molecule has 0 bridgehead atoms. The number of aromatic hydroxyl groups is 2. The highest BCUT2D eigenvalue weighted by molar-refractivity contribution is 9.09. The quantitative estimate of drug-likeness (QED) is 0.214. The molecule has 0 aromatic heterocycles. The maximum Gasteiger partial charge on any atom is 0.202 e. The average molecular weight is 606 g/mol. The summed E-state index contributed by atoms with van der Waals surface area (Å²) in [5.74, 6) is -3.25. The van der Waals surface area contributed by atoms with E-state index in [4.69, 9.17) is 19.9 Å². The predicted octanol–water partition coefficient (Wildman–Crippen LogP) is 1.40. The number of aliphatic hydroxyl groups excluding tert-OH is 1. The molecule has 5 rings (SSSR count). The highest BCUT2D eigenvalue weighted by Gasteiger charge is 2.50. The third kappa shape index (κ3) is 4.09. The summed E-state index contributed by atoms with van der Waals surface area (Å²) in [5.41, 5.74) is 2.96. The number of fused-ring (bicyclic) bond motifs is 3. The van der Waals surface area contributed by atoms with Crippen molar-refractivity contribution < 1.29 is 49.0 Å². The van der Waals surface area contributed by atoms with Gasteiger partial charge in [-0.05, 0) is 19.9 Å². The number of ketones is 3. The summed E-state index contributed by atoms with van der Waals surface area (Å²) in [6.45, 7) is 2.77. The normalized spacial score (nSPS) is 31.8. The van der Waals surface area contributed by atoms with Gasteiger partial charge < -0.3 is 40.4 Å². The second-order valence-corrected chi connectivity index (χ2v) is 11.3. The molecule has 1 fully saturated rings. The van der Waals surface area contributed by atoms with E-state index in [2.05, 4.69) is 15.9 Å². The van der Waals surface area contributed by atoms with Crippen LogP contribution in [0.3, 0.4) is 0 Å². The van der Waals surface area contributed by atoms with Crippen LogP contribution in [0.2, 0.25) is 0 Å². The van der Waals surface area contributed by atoms with Gasteiger partial charge in [-0.25, -0.2) is 0 Å². The van der Waals surface area contributed by atoms with Crippen LogP contribution in [-0.2, 0) is 20.7 Å². The number of methoxy groups -OCH3 is 1. The lowest BCUT2D eigenvalue weighted by atomic mass is 9.72. The van der Waals surface area contributed by atoms with Gasteiger partial charge in [-0.1, -0.05) is 28.1 Å². The van der Waals surface area contributed by atoms with Crippen LogP contribution in [-0.4, -0.2) is 79.9 Å². The molecule has 11 nitrogen and oxygen atoms in total. The molecule has 0 radical (unpaired) electrons. The number of benzene rings is 2. The summed E-state index contributed by atoms with van der Waals surface area (Å²) >= 11 is 3.37. The van der Waals surface area contributed by atoms with Gasteiger partial charge in [0.1, 0.15) is 22.8 Å². The standard InChI is InChI=1S/C27H28BrNO10/c1-9-21(31)20(29)19(28)26(38-9)39-14-8-27(36,10(2)30)7-12-16(14)25(35)18-17(23(12)33)22(32)11-5-4-6-13(37-3)15(11)24(18)34/h4-6,9,14,19-21,26,31,33,35-36H,7-8,29H2,1-3H3/t9-,14-,19-,20-,21-,26-,27-/m0/s1.